The third kappa shape index (κ3) is 2.27. The Kier molecular flexibility index (Phi) is 3.18. The lowest BCUT2D eigenvalue weighted by molar-refractivity contribution is 0.101. The van der Waals surface area contributed by atoms with Crippen LogP contribution in [0.3, 0.4) is 0 Å². The number of benzene rings is 1. The lowest BCUT2D eigenvalue weighted by atomic mass is 9.88. The molecule has 1 N–H and O–H groups in total. The van der Waals surface area contributed by atoms with Crippen molar-refractivity contribution in [3.8, 4) is 0 Å². The van der Waals surface area contributed by atoms with Crippen LogP contribution in [-0.2, 0) is 5.60 Å². The zero-order valence-electron chi connectivity index (χ0n) is 10.7. The van der Waals surface area contributed by atoms with E-state index in [1.807, 2.05) is 13.0 Å². The maximum absolute atomic E-state index is 13.6. The molecule has 18 heavy (non-hydrogen) atoms. The van der Waals surface area contributed by atoms with Crippen LogP contribution in [-0.4, -0.2) is 10.1 Å². The molecule has 0 amide bonds. The van der Waals surface area contributed by atoms with Gasteiger partial charge in [-0.2, -0.15) is 0 Å². The number of aromatic nitrogens is 1. The molecule has 0 aliphatic rings. The van der Waals surface area contributed by atoms with Gasteiger partial charge < -0.3 is 5.11 Å². The summed E-state index contributed by atoms with van der Waals surface area (Å²) in [5.74, 6) is -0.312. The van der Waals surface area contributed by atoms with Crippen LogP contribution < -0.4 is 0 Å². The van der Waals surface area contributed by atoms with E-state index in [1.165, 1.54) is 6.07 Å². The van der Waals surface area contributed by atoms with Crippen LogP contribution in [0.4, 0.5) is 4.39 Å². The van der Waals surface area contributed by atoms with Crippen molar-refractivity contribution in [3.05, 3.63) is 64.7 Å². The van der Waals surface area contributed by atoms with Gasteiger partial charge >= 0.3 is 0 Å². The lowest BCUT2D eigenvalue weighted by Gasteiger charge is -2.24. The van der Waals surface area contributed by atoms with Gasteiger partial charge in [0.15, 0.2) is 0 Å². The Morgan fingerprint density at radius 3 is 2.44 bits per heavy atom. The smallest absolute Gasteiger partial charge is 0.126 e. The van der Waals surface area contributed by atoms with E-state index < -0.39 is 5.60 Å². The van der Waals surface area contributed by atoms with Gasteiger partial charge in [-0.15, -0.1) is 0 Å². The molecule has 1 aromatic carbocycles. The quantitative estimate of drug-likeness (QED) is 0.882. The van der Waals surface area contributed by atoms with Gasteiger partial charge in [0.25, 0.3) is 0 Å². The van der Waals surface area contributed by atoms with Gasteiger partial charge in [-0.3, -0.25) is 4.98 Å². The minimum atomic E-state index is -1.24. The number of rotatable bonds is 2. The van der Waals surface area contributed by atoms with Crippen molar-refractivity contribution in [2.24, 2.45) is 0 Å². The molecular formula is C15H16FNO. The first kappa shape index (κ1) is 12.7. The van der Waals surface area contributed by atoms with Crippen LogP contribution >= 0.6 is 0 Å². The highest BCUT2D eigenvalue weighted by Gasteiger charge is 2.26. The fourth-order valence-electron chi connectivity index (χ4n) is 1.88. The zero-order valence-corrected chi connectivity index (χ0v) is 10.7. The molecule has 1 atom stereocenters. The van der Waals surface area contributed by atoms with Gasteiger partial charge in [-0.1, -0.05) is 12.1 Å². The standard InChI is InChI=1S/C15H16FNO/c1-10-6-13(9-17-8-10)15(3,18)12-5-4-11(2)14(16)7-12/h4-9,18H,1-3H3. The van der Waals surface area contributed by atoms with E-state index in [2.05, 4.69) is 4.98 Å². The monoisotopic (exact) mass is 245 g/mol. The molecule has 0 fully saturated rings. The Morgan fingerprint density at radius 2 is 1.83 bits per heavy atom. The fraction of sp³-hybridized carbons (Fsp3) is 0.267. The van der Waals surface area contributed by atoms with Crippen molar-refractivity contribution in [2.45, 2.75) is 26.4 Å². The average molecular weight is 245 g/mol. The van der Waals surface area contributed by atoms with Crippen LogP contribution in [0.5, 0.6) is 0 Å². The molecule has 94 valence electrons. The second kappa shape index (κ2) is 4.50. The van der Waals surface area contributed by atoms with Crippen molar-refractivity contribution < 1.29 is 9.50 Å². The maximum Gasteiger partial charge on any atom is 0.126 e. The Balaban J connectivity index is 2.50. The highest BCUT2D eigenvalue weighted by atomic mass is 19.1. The number of pyridine rings is 1. The van der Waals surface area contributed by atoms with Crippen molar-refractivity contribution in [3.63, 3.8) is 0 Å². The van der Waals surface area contributed by atoms with Crippen molar-refractivity contribution >= 4 is 0 Å². The zero-order chi connectivity index (χ0) is 13.3. The SMILES string of the molecule is Cc1cncc(C(C)(O)c2ccc(C)c(F)c2)c1. The third-order valence-electron chi connectivity index (χ3n) is 3.17. The summed E-state index contributed by atoms with van der Waals surface area (Å²) in [5.41, 5.74) is 1.47. The van der Waals surface area contributed by atoms with Gasteiger partial charge in [0.1, 0.15) is 11.4 Å². The van der Waals surface area contributed by atoms with Crippen LogP contribution in [0.25, 0.3) is 0 Å². The lowest BCUT2D eigenvalue weighted by Crippen LogP contribution is -2.23. The summed E-state index contributed by atoms with van der Waals surface area (Å²) in [7, 11) is 0. The van der Waals surface area contributed by atoms with Crippen molar-refractivity contribution in [1.29, 1.82) is 0 Å². The first-order chi connectivity index (χ1) is 8.41. The number of halogens is 1. The molecule has 2 aromatic rings. The topological polar surface area (TPSA) is 33.1 Å². The van der Waals surface area contributed by atoms with Gasteiger partial charge in [0, 0.05) is 18.0 Å². The van der Waals surface area contributed by atoms with Crippen LogP contribution in [0.15, 0.2) is 36.7 Å². The maximum atomic E-state index is 13.6. The van der Waals surface area contributed by atoms with E-state index in [1.54, 1.807) is 38.4 Å². The first-order valence-corrected chi connectivity index (χ1v) is 5.82. The van der Waals surface area contributed by atoms with E-state index in [0.717, 1.165) is 5.56 Å². The second-order valence-electron chi connectivity index (χ2n) is 4.79. The van der Waals surface area contributed by atoms with E-state index in [0.29, 0.717) is 16.7 Å². The number of aryl methyl sites for hydroxylation is 2. The predicted molar refractivity (Wildman–Crippen MR) is 68.8 cm³/mol. The summed E-state index contributed by atoms with van der Waals surface area (Å²) in [6, 6.07) is 6.63. The van der Waals surface area contributed by atoms with Gasteiger partial charge in [0.2, 0.25) is 0 Å². The highest BCUT2D eigenvalue weighted by Crippen LogP contribution is 2.29. The van der Waals surface area contributed by atoms with E-state index in [9.17, 15) is 9.50 Å². The Hall–Kier alpha value is -1.74. The molecule has 0 spiro atoms. The summed E-state index contributed by atoms with van der Waals surface area (Å²) in [6.07, 6.45) is 3.32. The molecule has 0 saturated heterocycles. The average Bonchev–Trinajstić information content (AvgIpc) is 2.32. The Labute approximate surface area is 106 Å². The summed E-state index contributed by atoms with van der Waals surface area (Å²) in [5, 5.41) is 10.6. The largest absolute Gasteiger partial charge is 0.381 e. The molecule has 1 heterocycles. The molecule has 2 nitrogen and oxygen atoms in total. The molecule has 0 bridgehead atoms. The molecule has 1 unspecified atom stereocenters. The summed E-state index contributed by atoms with van der Waals surface area (Å²) in [6.45, 7) is 5.25. The van der Waals surface area contributed by atoms with Crippen LogP contribution in [0.1, 0.15) is 29.2 Å². The second-order valence-corrected chi connectivity index (χ2v) is 4.79. The molecule has 1 aromatic heterocycles. The number of hydrogen-bond acceptors (Lipinski definition) is 2. The molecule has 2 rings (SSSR count). The number of aliphatic hydroxyl groups is 1. The first-order valence-electron chi connectivity index (χ1n) is 5.82. The minimum Gasteiger partial charge on any atom is -0.381 e. The van der Waals surface area contributed by atoms with Gasteiger partial charge in [-0.25, -0.2) is 4.39 Å². The third-order valence-corrected chi connectivity index (χ3v) is 3.17. The summed E-state index contributed by atoms with van der Waals surface area (Å²) in [4.78, 5) is 4.06. The number of hydrogen-bond donors (Lipinski definition) is 1. The van der Waals surface area contributed by atoms with Gasteiger partial charge in [-0.05, 0) is 49.6 Å². The summed E-state index contributed by atoms with van der Waals surface area (Å²) < 4.78 is 13.6. The molecule has 3 heteroatoms. The predicted octanol–water partition coefficient (Wildman–Crippen LogP) is 3.09. The molecule has 0 aliphatic heterocycles. The fourth-order valence-corrected chi connectivity index (χ4v) is 1.88. The highest BCUT2D eigenvalue weighted by molar-refractivity contribution is 5.36. The van der Waals surface area contributed by atoms with Crippen molar-refractivity contribution in [2.75, 3.05) is 0 Å². The minimum absolute atomic E-state index is 0.312. The normalized spacial score (nSPS) is 14.3. The van der Waals surface area contributed by atoms with E-state index in [4.69, 9.17) is 0 Å². The Morgan fingerprint density at radius 1 is 1.11 bits per heavy atom. The van der Waals surface area contributed by atoms with Crippen LogP contribution in [0.2, 0.25) is 0 Å². The van der Waals surface area contributed by atoms with Crippen molar-refractivity contribution in [1.82, 2.24) is 4.98 Å². The molecule has 0 saturated carbocycles. The van der Waals surface area contributed by atoms with Gasteiger partial charge in [0.05, 0.1) is 0 Å². The van der Waals surface area contributed by atoms with E-state index >= 15 is 0 Å². The van der Waals surface area contributed by atoms with E-state index in [-0.39, 0.29) is 5.82 Å². The molecule has 0 radical (unpaired) electrons. The Bertz CT molecular complexity index is 578. The number of nitrogens with zero attached hydrogens (tertiary/aromatic N) is 1. The summed E-state index contributed by atoms with van der Waals surface area (Å²) >= 11 is 0. The molecular weight excluding hydrogens is 229 g/mol. The molecule has 0 aliphatic carbocycles. The van der Waals surface area contributed by atoms with Crippen LogP contribution in [0, 0.1) is 19.7 Å².